The molecule has 1 aliphatic carbocycles. The molecule has 0 spiro atoms. The quantitative estimate of drug-likeness (QED) is 0.117. The number of aliphatic hydroxyl groups is 1. The van der Waals surface area contributed by atoms with E-state index in [4.69, 9.17) is 10.1 Å². The fraction of sp³-hybridized carbons (Fsp3) is 0.161. The Kier molecular flexibility index (Phi) is 7.28. The summed E-state index contributed by atoms with van der Waals surface area (Å²) in [7, 11) is 0. The number of aliphatic hydroxyl groups excluding tert-OH is 1. The molecule has 0 fully saturated rings. The van der Waals surface area contributed by atoms with E-state index >= 15 is 0 Å². The van der Waals surface area contributed by atoms with Crippen LogP contribution >= 0.6 is 11.3 Å². The van der Waals surface area contributed by atoms with Crippen molar-refractivity contribution in [1.29, 1.82) is 0 Å². The molecule has 0 aliphatic heterocycles. The average Bonchev–Trinajstić information content (AvgIpc) is 3.32. The molecule has 0 saturated heterocycles. The summed E-state index contributed by atoms with van der Waals surface area (Å²) in [4.78, 5) is 16.4. The van der Waals surface area contributed by atoms with Gasteiger partial charge in [0.2, 0.25) is 0 Å². The maximum absolute atomic E-state index is 10.0. The van der Waals surface area contributed by atoms with Crippen LogP contribution < -0.4 is 0 Å². The van der Waals surface area contributed by atoms with E-state index in [1.54, 1.807) is 0 Å². The number of pyridine rings is 1. The standard InChI is InChI=1S/C26H18NS.C5H8O2.Ir/c1-26(2)23-17(21-15-14-16-8-3-5-12-20(16)27-21)10-7-11-19(23)25-24(26)18-9-4-6-13-22(18)28-25;1-4(6)3-5(2)7;/h3-9,11-15H,1-2H3;3,6H,1-2H3;/q-1;;/b;4-3-;. The maximum Gasteiger partial charge on any atom is 0.155 e. The Hall–Kier alpha value is -3.11. The smallest absolute Gasteiger partial charge is 0.155 e. The zero-order valence-electron chi connectivity index (χ0n) is 20.5. The van der Waals surface area contributed by atoms with Crippen molar-refractivity contribution in [3.63, 3.8) is 0 Å². The van der Waals surface area contributed by atoms with Gasteiger partial charge in [-0.15, -0.1) is 40.7 Å². The number of thiophene rings is 1. The van der Waals surface area contributed by atoms with Crippen molar-refractivity contribution in [2.75, 3.05) is 0 Å². The van der Waals surface area contributed by atoms with Gasteiger partial charge in [-0.05, 0) is 53.4 Å². The molecule has 3 aromatic carbocycles. The Balaban J connectivity index is 0.000000338. The van der Waals surface area contributed by atoms with Crippen molar-refractivity contribution in [2.24, 2.45) is 0 Å². The van der Waals surface area contributed by atoms with E-state index in [1.165, 1.54) is 57.0 Å². The van der Waals surface area contributed by atoms with Crippen LogP contribution in [-0.2, 0) is 30.3 Å². The number of nitrogens with zero attached hydrogens (tertiary/aromatic N) is 1. The molecule has 2 aromatic heterocycles. The number of carbonyl (C=O) groups excluding carboxylic acids is 1. The summed E-state index contributed by atoms with van der Waals surface area (Å²) in [6.45, 7) is 7.53. The predicted octanol–water partition coefficient (Wildman–Crippen LogP) is 8.26. The Morgan fingerprint density at radius 2 is 1.69 bits per heavy atom. The van der Waals surface area contributed by atoms with E-state index < -0.39 is 0 Å². The third-order valence-electron chi connectivity index (χ3n) is 6.35. The molecule has 3 nitrogen and oxygen atoms in total. The molecule has 6 rings (SSSR count). The minimum atomic E-state index is -0.125. The number of hydrogen-bond donors (Lipinski definition) is 1. The van der Waals surface area contributed by atoms with Gasteiger partial charge in [-0.25, -0.2) is 0 Å². The third-order valence-corrected chi connectivity index (χ3v) is 7.56. The number of hydrogen-bond acceptors (Lipinski definition) is 4. The molecule has 1 N–H and O–H groups in total. The van der Waals surface area contributed by atoms with Crippen LogP contribution in [-0.4, -0.2) is 15.9 Å². The van der Waals surface area contributed by atoms with Crippen molar-refractivity contribution < 1.29 is 30.0 Å². The molecular formula is C31H26IrNO2S-. The van der Waals surface area contributed by atoms with Crippen LogP contribution in [0.1, 0.15) is 38.8 Å². The SMILES string of the molecule is CC(=O)/C=C(/C)O.CC1(C)c2c(-c3ccc4ccccc4n3)[c-]ccc2-c2sc3ccccc3c21.[Ir]. The van der Waals surface area contributed by atoms with Gasteiger partial charge in [0.15, 0.2) is 5.78 Å². The number of ketones is 1. The Morgan fingerprint density at radius 3 is 2.42 bits per heavy atom. The maximum atomic E-state index is 10.0. The van der Waals surface area contributed by atoms with E-state index in [1.807, 2.05) is 17.4 Å². The van der Waals surface area contributed by atoms with Crippen molar-refractivity contribution in [3.05, 3.63) is 102 Å². The first kappa shape index (κ1) is 26.0. The largest absolute Gasteiger partial charge is 0.512 e. The Labute approximate surface area is 228 Å². The van der Waals surface area contributed by atoms with Gasteiger partial charge in [0.1, 0.15) is 0 Å². The molecule has 0 unspecified atom stereocenters. The third kappa shape index (κ3) is 4.55. The van der Waals surface area contributed by atoms with E-state index in [0.717, 1.165) is 16.8 Å². The van der Waals surface area contributed by atoms with Crippen LogP contribution in [0, 0.1) is 6.07 Å². The van der Waals surface area contributed by atoms with Gasteiger partial charge in [-0.2, -0.15) is 0 Å². The normalized spacial score (nSPS) is 13.4. The summed E-state index contributed by atoms with van der Waals surface area (Å²) in [5, 5.41) is 10.9. The summed E-state index contributed by atoms with van der Waals surface area (Å²) in [6.07, 6.45) is 1.17. The van der Waals surface area contributed by atoms with Gasteiger partial charge in [0, 0.05) is 35.8 Å². The van der Waals surface area contributed by atoms with Crippen LogP contribution in [0.5, 0.6) is 0 Å². The molecule has 183 valence electrons. The van der Waals surface area contributed by atoms with E-state index in [0.29, 0.717) is 0 Å². The number of fused-ring (bicyclic) bond motifs is 6. The molecule has 0 saturated carbocycles. The first-order valence-electron chi connectivity index (χ1n) is 11.6. The number of allylic oxidation sites excluding steroid dienone is 2. The number of rotatable bonds is 2. The molecule has 1 radical (unpaired) electrons. The summed E-state index contributed by atoms with van der Waals surface area (Å²) in [5.41, 5.74) is 7.22. The molecule has 0 atom stereocenters. The first-order chi connectivity index (χ1) is 16.8. The van der Waals surface area contributed by atoms with Gasteiger partial charge >= 0.3 is 0 Å². The number of aromatic nitrogens is 1. The molecular weight excluding hydrogens is 643 g/mol. The topological polar surface area (TPSA) is 50.2 Å². The minimum Gasteiger partial charge on any atom is -0.512 e. The van der Waals surface area contributed by atoms with Crippen LogP contribution in [0.4, 0.5) is 0 Å². The Bertz CT molecular complexity index is 1630. The molecule has 36 heavy (non-hydrogen) atoms. The zero-order valence-corrected chi connectivity index (χ0v) is 23.8. The van der Waals surface area contributed by atoms with Crippen molar-refractivity contribution in [2.45, 2.75) is 33.1 Å². The van der Waals surface area contributed by atoms with Gasteiger partial charge in [-0.3, -0.25) is 9.78 Å². The fourth-order valence-corrected chi connectivity index (χ4v) is 6.41. The van der Waals surface area contributed by atoms with Gasteiger partial charge in [-0.1, -0.05) is 67.9 Å². The van der Waals surface area contributed by atoms with Crippen molar-refractivity contribution in [3.8, 4) is 21.7 Å². The molecule has 0 bridgehead atoms. The van der Waals surface area contributed by atoms with E-state index in [9.17, 15) is 4.79 Å². The molecule has 1 aliphatic rings. The molecule has 2 heterocycles. The van der Waals surface area contributed by atoms with E-state index in [-0.39, 0.29) is 37.1 Å². The average molecular weight is 669 g/mol. The second kappa shape index (κ2) is 10.1. The minimum absolute atomic E-state index is 0. The van der Waals surface area contributed by atoms with Gasteiger partial charge in [0.25, 0.3) is 0 Å². The molecule has 5 aromatic rings. The Morgan fingerprint density at radius 1 is 0.972 bits per heavy atom. The van der Waals surface area contributed by atoms with E-state index in [2.05, 4.69) is 86.6 Å². The fourth-order valence-electron chi connectivity index (χ4n) is 5.02. The zero-order chi connectivity index (χ0) is 24.7. The molecule has 0 amide bonds. The molecule has 5 heteroatoms. The number of carbonyl (C=O) groups is 1. The van der Waals surface area contributed by atoms with Gasteiger partial charge < -0.3 is 5.11 Å². The number of para-hydroxylation sites is 1. The predicted molar refractivity (Wildman–Crippen MR) is 146 cm³/mol. The monoisotopic (exact) mass is 669 g/mol. The summed E-state index contributed by atoms with van der Waals surface area (Å²) >= 11 is 1.90. The summed E-state index contributed by atoms with van der Waals surface area (Å²) in [6, 6.07) is 29.2. The van der Waals surface area contributed by atoms with Crippen molar-refractivity contribution >= 4 is 38.1 Å². The second-order valence-corrected chi connectivity index (χ2v) is 10.4. The summed E-state index contributed by atoms with van der Waals surface area (Å²) in [5.74, 6) is -0.0625. The van der Waals surface area contributed by atoms with Crippen LogP contribution in [0.3, 0.4) is 0 Å². The number of benzene rings is 3. The van der Waals surface area contributed by atoms with Crippen molar-refractivity contribution in [1.82, 2.24) is 4.98 Å². The van der Waals surface area contributed by atoms with Gasteiger partial charge in [0.05, 0.1) is 11.3 Å². The second-order valence-electron chi connectivity index (χ2n) is 9.35. The first-order valence-corrected chi connectivity index (χ1v) is 12.4. The summed E-state index contributed by atoms with van der Waals surface area (Å²) < 4.78 is 1.37. The van der Waals surface area contributed by atoms with Crippen LogP contribution in [0.25, 0.3) is 42.7 Å². The van der Waals surface area contributed by atoms with Crippen LogP contribution in [0.15, 0.2) is 84.6 Å². The van der Waals surface area contributed by atoms with Crippen LogP contribution in [0.2, 0.25) is 0 Å².